The molecule has 3 rings (SSSR count). The molecule has 0 saturated carbocycles. The Balaban J connectivity index is 2.10. The molecule has 0 saturated heterocycles. The summed E-state index contributed by atoms with van der Waals surface area (Å²) in [4.78, 5) is 13.0. The van der Waals surface area contributed by atoms with Crippen molar-refractivity contribution in [3.05, 3.63) is 82.4 Å². The number of amides is 2. The van der Waals surface area contributed by atoms with Crippen molar-refractivity contribution in [2.75, 3.05) is 10.6 Å². The zero-order valence-corrected chi connectivity index (χ0v) is 25.3. The van der Waals surface area contributed by atoms with Gasteiger partial charge in [0.25, 0.3) is 0 Å². The number of hydrogen-bond acceptors (Lipinski definition) is 3. The van der Waals surface area contributed by atoms with E-state index in [1.807, 2.05) is 61.5 Å². The Bertz CT molecular complexity index is 1330. The summed E-state index contributed by atoms with van der Waals surface area (Å²) in [6.07, 6.45) is 0.630. The second kappa shape index (κ2) is 11.0. The fraction of sp³-hybridized carbons (Fsp3) is 0.441. The third-order valence-electron chi connectivity index (χ3n) is 8.08. The monoisotopic (exact) mass is 530 g/mol. The maximum absolute atomic E-state index is 13.0. The average Bonchev–Trinajstić information content (AvgIpc) is 2.81. The fourth-order valence-corrected chi connectivity index (χ4v) is 5.08. The minimum atomic E-state index is -0.623. The Hall–Kier alpha value is -3.47. The first-order chi connectivity index (χ1) is 17.9. The van der Waals surface area contributed by atoms with Crippen molar-refractivity contribution >= 4 is 17.4 Å². The van der Waals surface area contributed by atoms with E-state index in [1.165, 1.54) is 0 Å². The molecule has 2 amide bonds. The summed E-state index contributed by atoms with van der Waals surface area (Å²) in [5.74, 6) is 0.703. The summed E-state index contributed by atoms with van der Waals surface area (Å²) in [6, 6.07) is 16.9. The Labute approximate surface area is 234 Å². The number of carbonyl (C=O) groups is 1. The molecule has 0 atom stereocenters. The van der Waals surface area contributed by atoms with Gasteiger partial charge >= 0.3 is 6.03 Å². The molecule has 0 bridgehead atoms. The van der Waals surface area contributed by atoms with E-state index < -0.39 is 10.8 Å². The van der Waals surface area contributed by atoms with Gasteiger partial charge < -0.3 is 20.8 Å². The molecular weight excluding hydrogens is 484 g/mol. The first-order valence-corrected chi connectivity index (χ1v) is 13.8. The van der Waals surface area contributed by atoms with Gasteiger partial charge in [-0.3, -0.25) is 0 Å². The van der Waals surface area contributed by atoms with Gasteiger partial charge in [-0.1, -0.05) is 98.2 Å². The molecule has 0 aliphatic rings. The Morgan fingerprint density at radius 3 is 1.90 bits per heavy atom. The van der Waals surface area contributed by atoms with Gasteiger partial charge in [-0.05, 0) is 60.1 Å². The summed E-state index contributed by atoms with van der Waals surface area (Å²) in [5, 5.41) is 28.8. The predicted molar refractivity (Wildman–Crippen MR) is 163 cm³/mol. The molecule has 0 aliphatic heterocycles. The number of urea groups is 1. The summed E-state index contributed by atoms with van der Waals surface area (Å²) < 4.78 is 0. The summed E-state index contributed by atoms with van der Waals surface area (Å²) in [7, 11) is 0. The van der Waals surface area contributed by atoms with Crippen molar-refractivity contribution in [3.8, 4) is 11.5 Å². The van der Waals surface area contributed by atoms with Crippen LogP contribution in [0.5, 0.6) is 11.5 Å². The minimum Gasteiger partial charge on any atom is -0.507 e. The third-order valence-corrected chi connectivity index (χ3v) is 8.08. The van der Waals surface area contributed by atoms with Crippen LogP contribution in [0.4, 0.5) is 16.2 Å². The highest BCUT2D eigenvalue weighted by molar-refractivity contribution is 6.00. The standard InChI is InChI=1S/C34H46N2O3/c1-21(2)26-12-11-13-27(30(26)38)33(7,8)34(9,10)28-19-25(18-23(29(28)37)20-32(4,5)6)36-31(39)35-24-16-14-22(3)15-17-24/h11-19,21,37-38H,20H2,1-10H3,(H2,35,36,39). The largest absolute Gasteiger partial charge is 0.507 e. The molecule has 0 aromatic heterocycles. The van der Waals surface area contributed by atoms with Gasteiger partial charge in [0.15, 0.2) is 0 Å². The van der Waals surface area contributed by atoms with Crippen molar-refractivity contribution in [1.29, 1.82) is 0 Å². The lowest BCUT2D eigenvalue weighted by Gasteiger charge is -2.44. The molecule has 0 heterocycles. The molecule has 39 heavy (non-hydrogen) atoms. The molecule has 5 nitrogen and oxygen atoms in total. The van der Waals surface area contributed by atoms with E-state index in [-0.39, 0.29) is 23.1 Å². The van der Waals surface area contributed by atoms with Crippen molar-refractivity contribution in [3.63, 3.8) is 0 Å². The molecule has 0 radical (unpaired) electrons. The average molecular weight is 531 g/mol. The van der Waals surface area contributed by atoms with Crippen molar-refractivity contribution in [2.24, 2.45) is 5.41 Å². The molecule has 4 N–H and O–H groups in total. The smallest absolute Gasteiger partial charge is 0.323 e. The zero-order chi connectivity index (χ0) is 29.3. The van der Waals surface area contributed by atoms with Crippen LogP contribution in [-0.4, -0.2) is 16.2 Å². The SMILES string of the molecule is Cc1ccc(NC(=O)Nc2cc(CC(C)(C)C)c(O)c(C(C)(C)C(C)(C)c3cccc(C(C)C)c3O)c2)cc1. The van der Waals surface area contributed by atoms with E-state index in [2.05, 4.69) is 72.9 Å². The summed E-state index contributed by atoms with van der Waals surface area (Å²) in [6.45, 7) is 20.9. The second-order valence-corrected chi connectivity index (χ2v) is 13.4. The van der Waals surface area contributed by atoms with Crippen molar-refractivity contribution < 1.29 is 15.0 Å². The van der Waals surface area contributed by atoms with E-state index in [0.29, 0.717) is 29.1 Å². The van der Waals surface area contributed by atoms with E-state index in [1.54, 1.807) is 0 Å². The van der Waals surface area contributed by atoms with Gasteiger partial charge in [-0.25, -0.2) is 4.79 Å². The fourth-order valence-electron chi connectivity index (χ4n) is 5.08. The van der Waals surface area contributed by atoms with Crippen LogP contribution in [0, 0.1) is 12.3 Å². The number of carbonyl (C=O) groups excluding carboxylic acids is 1. The lowest BCUT2D eigenvalue weighted by Crippen LogP contribution is -2.40. The minimum absolute atomic E-state index is 0.0823. The van der Waals surface area contributed by atoms with Gasteiger partial charge in [0.05, 0.1) is 0 Å². The van der Waals surface area contributed by atoms with Crippen LogP contribution in [-0.2, 0) is 17.3 Å². The van der Waals surface area contributed by atoms with Gasteiger partial charge in [0.1, 0.15) is 11.5 Å². The third kappa shape index (κ3) is 6.58. The number of hydrogen-bond donors (Lipinski definition) is 4. The summed E-state index contributed by atoms with van der Waals surface area (Å²) >= 11 is 0. The number of benzene rings is 3. The zero-order valence-electron chi connectivity index (χ0n) is 25.3. The molecule has 0 unspecified atom stereocenters. The first kappa shape index (κ1) is 30.1. The van der Waals surface area contributed by atoms with Crippen LogP contribution in [0.25, 0.3) is 0 Å². The Morgan fingerprint density at radius 1 is 0.769 bits per heavy atom. The molecular formula is C34H46N2O3. The highest BCUT2D eigenvalue weighted by atomic mass is 16.3. The van der Waals surface area contributed by atoms with Crippen LogP contribution in [0.3, 0.4) is 0 Å². The Kier molecular flexibility index (Phi) is 8.45. The topological polar surface area (TPSA) is 81.6 Å². The van der Waals surface area contributed by atoms with Gasteiger partial charge in [-0.15, -0.1) is 0 Å². The van der Waals surface area contributed by atoms with E-state index >= 15 is 0 Å². The first-order valence-electron chi connectivity index (χ1n) is 13.8. The molecule has 210 valence electrons. The maximum Gasteiger partial charge on any atom is 0.323 e. The molecule has 3 aromatic rings. The molecule has 3 aromatic carbocycles. The second-order valence-electron chi connectivity index (χ2n) is 13.4. The van der Waals surface area contributed by atoms with Gasteiger partial charge in [-0.2, -0.15) is 0 Å². The van der Waals surface area contributed by atoms with E-state index in [0.717, 1.165) is 22.3 Å². The molecule has 0 spiro atoms. The highest BCUT2D eigenvalue weighted by Crippen LogP contribution is 2.51. The molecule has 0 aliphatic carbocycles. The van der Waals surface area contributed by atoms with Gasteiger partial charge in [0.2, 0.25) is 0 Å². The van der Waals surface area contributed by atoms with Crippen molar-refractivity contribution in [1.82, 2.24) is 0 Å². The predicted octanol–water partition coefficient (Wildman–Crippen LogP) is 9.02. The molecule has 5 heteroatoms. The lowest BCUT2D eigenvalue weighted by molar-refractivity contribution is 0.262. The quantitative estimate of drug-likeness (QED) is 0.230. The normalized spacial score (nSPS) is 12.5. The number of aryl methyl sites for hydroxylation is 1. The number of phenols is 2. The Morgan fingerprint density at radius 2 is 1.33 bits per heavy atom. The number of para-hydroxylation sites is 1. The van der Waals surface area contributed by atoms with Gasteiger partial charge in [0, 0.05) is 33.3 Å². The molecule has 0 fully saturated rings. The van der Waals surface area contributed by atoms with E-state index in [4.69, 9.17) is 0 Å². The number of nitrogens with one attached hydrogen (secondary N) is 2. The lowest BCUT2D eigenvalue weighted by atomic mass is 9.60. The summed E-state index contributed by atoms with van der Waals surface area (Å²) in [5.41, 5.74) is 4.37. The van der Waals surface area contributed by atoms with Crippen molar-refractivity contribution in [2.45, 2.75) is 92.4 Å². The van der Waals surface area contributed by atoms with Crippen LogP contribution < -0.4 is 10.6 Å². The van der Waals surface area contributed by atoms with Crippen LogP contribution in [0.15, 0.2) is 54.6 Å². The van der Waals surface area contributed by atoms with E-state index in [9.17, 15) is 15.0 Å². The number of phenolic OH excluding ortho intramolecular Hbond substituents is 2. The number of rotatable bonds is 7. The number of aromatic hydroxyl groups is 2. The van der Waals surface area contributed by atoms with Crippen LogP contribution in [0.1, 0.15) is 96.0 Å². The number of anilines is 2. The maximum atomic E-state index is 13.0. The van der Waals surface area contributed by atoms with Crippen LogP contribution in [0.2, 0.25) is 0 Å². The van der Waals surface area contributed by atoms with Crippen LogP contribution >= 0.6 is 0 Å². The highest BCUT2D eigenvalue weighted by Gasteiger charge is 2.44.